The van der Waals surface area contributed by atoms with Crippen LogP contribution in [0.3, 0.4) is 0 Å². The summed E-state index contributed by atoms with van der Waals surface area (Å²) in [6, 6.07) is 5.37. The van der Waals surface area contributed by atoms with Crippen LogP contribution in [0, 0.1) is 0 Å². The Morgan fingerprint density at radius 1 is 1.28 bits per heavy atom. The van der Waals surface area contributed by atoms with E-state index in [1.165, 1.54) is 24.3 Å². The molecule has 1 aromatic rings. The first-order valence-corrected chi connectivity index (χ1v) is 8.56. The van der Waals surface area contributed by atoms with Crippen molar-refractivity contribution in [1.29, 1.82) is 0 Å². The molecular formula is C14H21ClF4N2O3S. The van der Waals surface area contributed by atoms with Crippen LogP contribution in [0.4, 0.5) is 17.6 Å². The summed E-state index contributed by atoms with van der Waals surface area (Å²) in [4.78, 5) is -0.0625. The van der Waals surface area contributed by atoms with Crippen LogP contribution in [0.1, 0.15) is 12.5 Å². The van der Waals surface area contributed by atoms with Crippen LogP contribution in [0.25, 0.3) is 0 Å². The Morgan fingerprint density at radius 2 is 1.92 bits per heavy atom. The molecule has 0 amide bonds. The van der Waals surface area contributed by atoms with E-state index in [1.807, 2.05) is 0 Å². The van der Waals surface area contributed by atoms with E-state index in [0.29, 0.717) is 0 Å². The highest BCUT2D eigenvalue weighted by Crippen LogP contribution is 2.23. The number of halogens is 5. The van der Waals surface area contributed by atoms with Crippen molar-refractivity contribution in [2.24, 2.45) is 0 Å². The topological polar surface area (TPSA) is 67.4 Å². The van der Waals surface area contributed by atoms with E-state index in [0.717, 1.165) is 0 Å². The Bertz CT molecular complexity index is 632. The quantitative estimate of drug-likeness (QED) is 0.583. The SMILES string of the molecule is CNC(C)CNS(=O)(=O)c1cccc(COCC(F)(F)C(F)F)c1.Cl. The minimum absolute atomic E-state index is 0. The van der Waals surface area contributed by atoms with E-state index in [1.54, 1.807) is 14.0 Å². The van der Waals surface area contributed by atoms with Gasteiger partial charge in [-0.1, -0.05) is 12.1 Å². The lowest BCUT2D eigenvalue weighted by molar-refractivity contribution is -0.168. The van der Waals surface area contributed by atoms with Crippen molar-refractivity contribution in [3.05, 3.63) is 29.8 Å². The van der Waals surface area contributed by atoms with Crippen molar-refractivity contribution in [2.45, 2.75) is 36.8 Å². The Kier molecular flexibility index (Phi) is 9.88. The molecule has 1 aromatic carbocycles. The lowest BCUT2D eigenvalue weighted by Gasteiger charge is -2.15. The molecule has 1 rings (SSSR count). The van der Waals surface area contributed by atoms with Gasteiger partial charge in [0.25, 0.3) is 0 Å². The molecule has 0 aromatic heterocycles. The van der Waals surface area contributed by atoms with E-state index >= 15 is 0 Å². The summed E-state index contributed by atoms with van der Waals surface area (Å²) >= 11 is 0. The first-order valence-electron chi connectivity index (χ1n) is 7.08. The summed E-state index contributed by atoms with van der Waals surface area (Å²) in [5.41, 5.74) is 0.282. The van der Waals surface area contributed by atoms with Gasteiger partial charge in [-0.05, 0) is 31.7 Å². The third-order valence-electron chi connectivity index (χ3n) is 3.16. The van der Waals surface area contributed by atoms with Crippen LogP contribution in [-0.4, -0.2) is 47.0 Å². The average Bonchev–Trinajstić information content (AvgIpc) is 2.52. The lowest BCUT2D eigenvalue weighted by Crippen LogP contribution is -2.37. The maximum Gasteiger partial charge on any atom is 0.330 e. The second kappa shape index (κ2) is 10.3. The summed E-state index contributed by atoms with van der Waals surface area (Å²) in [5.74, 6) is -4.24. The van der Waals surface area contributed by atoms with Gasteiger partial charge in [0.2, 0.25) is 10.0 Å². The van der Waals surface area contributed by atoms with Crippen LogP contribution in [-0.2, 0) is 21.4 Å². The van der Waals surface area contributed by atoms with Gasteiger partial charge >= 0.3 is 12.3 Å². The molecule has 1 atom stereocenters. The van der Waals surface area contributed by atoms with E-state index in [9.17, 15) is 26.0 Å². The first-order chi connectivity index (χ1) is 11.1. The number of likely N-dealkylation sites (N-methyl/N-ethyl adjacent to an activating group) is 1. The largest absolute Gasteiger partial charge is 0.370 e. The fourth-order valence-electron chi connectivity index (χ4n) is 1.59. The van der Waals surface area contributed by atoms with Gasteiger partial charge in [0.05, 0.1) is 11.5 Å². The third-order valence-corrected chi connectivity index (χ3v) is 4.58. The lowest BCUT2D eigenvalue weighted by atomic mass is 10.2. The van der Waals surface area contributed by atoms with Gasteiger partial charge in [0.15, 0.2) is 0 Å². The number of rotatable bonds is 10. The maximum atomic E-state index is 12.7. The number of benzene rings is 1. The third kappa shape index (κ3) is 7.87. The summed E-state index contributed by atoms with van der Waals surface area (Å²) in [6.07, 6.45) is -3.82. The molecule has 0 radical (unpaired) electrons. The van der Waals surface area contributed by atoms with Gasteiger partial charge < -0.3 is 10.1 Å². The normalized spacial score (nSPS) is 13.6. The highest BCUT2D eigenvalue weighted by molar-refractivity contribution is 7.89. The number of hydrogen-bond acceptors (Lipinski definition) is 4. The fraction of sp³-hybridized carbons (Fsp3) is 0.571. The van der Waals surface area contributed by atoms with Crippen molar-refractivity contribution in [1.82, 2.24) is 10.0 Å². The van der Waals surface area contributed by atoms with E-state index in [-0.39, 0.29) is 35.5 Å². The number of nitrogens with one attached hydrogen (secondary N) is 2. The van der Waals surface area contributed by atoms with Crippen molar-refractivity contribution in [3.63, 3.8) is 0 Å². The number of ether oxygens (including phenoxy) is 1. The predicted molar refractivity (Wildman–Crippen MR) is 88.0 cm³/mol. The molecule has 0 aliphatic rings. The zero-order valence-corrected chi connectivity index (χ0v) is 15.3. The van der Waals surface area contributed by atoms with E-state index in [2.05, 4.69) is 14.8 Å². The van der Waals surface area contributed by atoms with E-state index < -0.39 is 35.6 Å². The molecule has 0 fully saturated rings. The van der Waals surface area contributed by atoms with Gasteiger partial charge in [0, 0.05) is 12.6 Å². The molecule has 2 N–H and O–H groups in total. The number of alkyl halides is 4. The summed E-state index contributed by atoms with van der Waals surface area (Å²) in [6.45, 7) is 0.105. The van der Waals surface area contributed by atoms with Crippen molar-refractivity contribution >= 4 is 22.4 Å². The van der Waals surface area contributed by atoms with Gasteiger partial charge in [0.1, 0.15) is 6.61 Å². The molecule has 0 spiro atoms. The molecule has 0 heterocycles. The molecule has 5 nitrogen and oxygen atoms in total. The smallest absolute Gasteiger partial charge is 0.330 e. The molecule has 0 aliphatic heterocycles. The minimum Gasteiger partial charge on any atom is -0.370 e. The minimum atomic E-state index is -4.24. The van der Waals surface area contributed by atoms with Gasteiger partial charge in [-0.3, -0.25) is 0 Å². The van der Waals surface area contributed by atoms with Crippen LogP contribution in [0.15, 0.2) is 29.2 Å². The second-order valence-corrected chi connectivity index (χ2v) is 7.01. The van der Waals surface area contributed by atoms with Crippen LogP contribution < -0.4 is 10.0 Å². The van der Waals surface area contributed by atoms with E-state index in [4.69, 9.17) is 0 Å². The second-order valence-electron chi connectivity index (χ2n) is 5.24. The monoisotopic (exact) mass is 408 g/mol. The Balaban J connectivity index is 0.00000576. The molecule has 0 saturated heterocycles. The Morgan fingerprint density at radius 3 is 2.48 bits per heavy atom. The molecule has 25 heavy (non-hydrogen) atoms. The van der Waals surface area contributed by atoms with Crippen LogP contribution in [0.2, 0.25) is 0 Å². The average molecular weight is 409 g/mol. The highest BCUT2D eigenvalue weighted by atomic mass is 35.5. The molecule has 0 bridgehead atoms. The number of hydrogen-bond donors (Lipinski definition) is 2. The molecule has 0 aliphatic carbocycles. The molecular weight excluding hydrogens is 388 g/mol. The predicted octanol–water partition coefficient (Wildman–Crippen LogP) is 2.41. The Hall–Kier alpha value is -0.940. The molecule has 1 unspecified atom stereocenters. The van der Waals surface area contributed by atoms with Gasteiger partial charge in [-0.25, -0.2) is 21.9 Å². The standard InChI is InChI=1S/C14H20F4N2O3S.ClH/c1-10(19-2)7-20-24(21,22)12-5-3-4-11(6-12)8-23-9-14(17,18)13(15)16;/h3-6,10,13,19-20H,7-9H2,1-2H3;1H. The fourth-order valence-corrected chi connectivity index (χ4v) is 2.79. The Labute approximate surface area is 150 Å². The summed E-state index contributed by atoms with van der Waals surface area (Å²) in [5, 5.41) is 2.87. The first kappa shape index (κ1) is 24.1. The van der Waals surface area contributed by atoms with Crippen molar-refractivity contribution in [3.8, 4) is 0 Å². The highest BCUT2D eigenvalue weighted by Gasteiger charge is 2.40. The van der Waals surface area contributed by atoms with Crippen LogP contribution >= 0.6 is 12.4 Å². The zero-order valence-electron chi connectivity index (χ0n) is 13.6. The number of sulfonamides is 1. The van der Waals surface area contributed by atoms with Crippen molar-refractivity contribution < 1.29 is 30.7 Å². The van der Waals surface area contributed by atoms with Crippen molar-refractivity contribution in [2.75, 3.05) is 20.2 Å². The summed E-state index contributed by atoms with van der Waals surface area (Å²) < 4.78 is 80.7. The molecule has 146 valence electrons. The molecule has 0 saturated carbocycles. The summed E-state index contributed by atoms with van der Waals surface area (Å²) in [7, 11) is -2.08. The zero-order chi connectivity index (χ0) is 18.4. The van der Waals surface area contributed by atoms with Gasteiger partial charge in [-0.2, -0.15) is 8.78 Å². The maximum absolute atomic E-state index is 12.7. The molecule has 11 heteroatoms. The van der Waals surface area contributed by atoms with Crippen LogP contribution in [0.5, 0.6) is 0 Å². The van der Waals surface area contributed by atoms with Gasteiger partial charge in [-0.15, -0.1) is 12.4 Å².